The summed E-state index contributed by atoms with van der Waals surface area (Å²) in [6.45, 7) is 20.2. The molecule has 0 aromatic rings. The van der Waals surface area contributed by atoms with E-state index in [1.807, 2.05) is 47.7 Å². The second-order valence-electron chi connectivity index (χ2n) is 14.5. The highest BCUT2D eigenvalue weighted by Gasteiger charge is 2.40. The number of likely N-dealkylation sites (N-methyl/N-ethyl adjacent to an activating group) is 2. The van der Waals surface area contributed by atoms with Crippen molar-refractivity contribution >= 4 is 23.6 Å². The fourth-order valence-corrected chi connectivity index (χ4v) is 6.42. The van der Waals surface area contributed by atoms with Crippen LogP contribution in [0.3, 0.4) is 0 Å². The zero-order valence-electron chi connectivity index (χ0n) is 29.0. The average molecular weight is 604 g/mol. The van der Waals surface area contributed by atoms with E-state index in [1.54, 1.807) is 28.7 Å². The van der Waals surface area contributed by atoms with Crippen LogP contribution in [-0.4, -0.2) is 107 Å². The lowest BCUT2D eigenvalue weighted by atomic mass is 9.84. The lowest BCUT2D eigenvalue weighted by Crippen LogP contribution is -2.60. The van der Waals surface area contributed by atoms with Gasteiger partial charge in [0.1, 0.15) is 12.1 Å². The number of likely N-dealkylation sites (tertiary alicyclic amines) is 2. The molecule has 4 amide bonds. The molecule has 2 heterocycles. The Hall–Kier alpha value is -2.42. The van der Waals surface area contributed by atoms with E-state index >= 15 is 0 Å². The highest BCUT2D eigenvalue weighted by molar-refractivity contribution is 5.97. The molecule has 0 spiro atoms. The van der Waals surface area contributed by atoms with E-state index in [9.17, 15) is 19.2 Å². The number of carbonyl (C=O) groups is 4. The summed E-state index contributed by atoms with van der Waals surface area (Å²) in [5.74, 6) is -0.393. The normalized spacial score (nSPS) is 21.6. The van der Waals surface area contributed by atoms with Gasteiger partial charge in [0, 0.05) is 38.8 Å². The van der Waals surface area contributed by atoms with E-state index in [4.69, 9.17) is 0 Å². The Morgan fingerprint density at radius 1 is 0.953 bits per heavy atom. The second kappa shape index (κ2) is 16.1. The summed E-state index contributed by atoms with van der Waals surface area (Å²) in [6.07, 6.45) is 8.15. The molecule has 0 radical (unpaired) electrons. The molecule has 246 valence electrons. The van der Waals surface area contributed by atoms with Gasteiger partial charge in [-0.25, -0.2) is 0 Å². The minimum Gasteiger partial charge on any atom is -0.344 e. The minimum atomic E-state index is -0.717. The van der Waals surface area contributed by atoms with Gasteiger partial charge < -0.3 is 20.0 Å². The van der Waals surface area contributed by atoms with Crippen LogP contribution in [0.25, 0.3) is 0 Å². The number of amides is 4. The van der Waals surface area contributed by atoms with Gasteiger partial charge in [-0.15, -0.1) is 0 Å². The number of unbranched alkanes of at least 4 members (excludes halogenated alkanes) is 1. The SMILES string of the molecule is CCCCN(C)C(=O)[C@@H]1CCCN1C(=O)C(C)=C[C@H](C(C)C)N(C)C(=O)[C@@H](NC(=O)[C@H]1CCCCN1C(C)C)C(C)(C)C. The van der Waals surface area contributed by atoms with Gasteiger partial charge in [0.25, 0.3) is 0 Å². The van der Waals surface area contributed by atoms with Gasteiger partial charge >= 0.3 is 0 Å². The van der Waals surface area contributed by atoms with Crippen LogP contribution in [0.2, 0.25) is 0 Å². The monoisotopic (exact) mass is 603 g/mol. The van der Waals surface area contributed by atoms with Crippen LogP contribution < -0.4 is 5.32 Å². The molecule has 0 aromatic heterocycles. The topological polar surface area (TPSA) is 93.3 Å². The van der Waals surface area contributed by atoms with Gasteiger partial charge in [0.2, 0.25) is 23.6 Å². The van der Waals surface area contributed by atoms with Crippen LogP contribution >= 0.6 is 0 Å². The molecule has 0 bridgehead atoms. The highest BCUT2D eigenvalue weighted by atomic mass is 16.2. The Bertz CT molecular complexity index is 1000. The van der Waals surface area contributed by atoms with Gasteiger partial charge in [-0.3, -0.25) is 24.1 Å². The second-order valence-corrected chi connectivity index (χ2v) is 14.5. The maximum absolute atomic E-state index is 14.1. The summed E-state index contributed by atoms with van der Waals surface area (Å²) in [6, 6.07) is -1.51. The van der Waals surface area contributed by atoms with Crippen LogP contribution in [0, 0.1) is 11.3 Å². The first-order chi connectivity index (χ1) is 20.0. The third-order valence-electron chi connectivity index (χ3n) is 9.17. The number of hydrogen-bond acceptors (Lipinski definition) is 5. The van der Waals surface area contributed by atoms with Crippen molar-refractivity contribution in [2.45, 2.75) is 137 Å². The lowest BCUT2D eigenvalue weighted by molar-refractivity contribution is -0.142. The summed E-state index contributed by atoms with van der Waals surface area (Å²) in [7, 11) is 3.58. The molecule has 2 aliphatic heterocycles. The van der Waals surface area contributed by atoms with Crippen LogP contribution in [0.5, 0.6) is 0 Å². The lowest BCUT2D eigenvalue weighted by Gasteiger charge is -2.41. The quantitative estimate of drug-likeness (QED) is 0.333. The van der Waals surface area contributed by atoms with Crippen LogP contribution in [0.4, 0.5) is 0 Å². The summed E-state index contributed by atoms with van der Waals surface area (Å²) in [5, 5.41) is 3.14. The van der Waals surface area contributed by atoms with E-state index in [0.29, 0.717) is 25.1 Å². The maximum Gasteiger partial charge on any atom is 0.249 e. The largest absolute Gasteiger partial charge is 0.344 e. The molecule has 0 unspecified atom stereocenters. The molecule has 0 saturated carbocycles. The molecular weight excluding hydrogens is 542 g/mol. The van der Waals surface area contributed by atoms with Crippen molar-refractivity contribution in [2.24, 2.45) is 11.3 Å². The molecule has 1 N–H and O–H groups in total. The zero-order valence-corrected chi connectivity index (χ0v) is 29.0. The highest BCUT2D eigenvalue weighted by Crippen LogP contribution is 2.27. The van der Waals surface area contributed by atoms with Crippen LogP contribution in [0.1, 0.15) is 107 Å². The van der Waals surface area contributed by atoms with Gasteiger partial charge in [0.15, 0.2) is 0 Å². The van der Waals surface area contributed by atoms with Crippen LogP contribution in [0.15, 0.2) is 11.6 Å². The van der Waals surface area contributed by atoms with E-state index in [0.717, 1.165) is 45.1 Å². The summed E-state index contributed by atoms with van der Waals surface area (Å²) in [4.78, 5) is 61.9. The molecule has 0 aromatic carbocycles. The summed E-state index contributed by atoms with van der Waals surface area (Å²) >= 11 is 0. The first-order valence-corrected chi connectivity index (χ1v) is 16.6. The molecule has 9 nitrogen and oxygen atoms in total. The van der Waals surface area contributed by atoms with Gasteiger partial charge in [0.05, 0.1) is 12.1 Å². The van der Waals surface area contributed by atoms with Crippen molar-refractivity contribution in [3.8, 4) is 0 Å². The molecule has 9 heteroatoms. The Labute approximate surface area is 261 Å². The first kappa shape index (κ1) is 36.8. The average Bonchev–Trinajstić information content (AvgIpc) is 3.44. The summed E-state index contributed by atoms with van der Waals surface area (Å²) < 4.78 is 0. The van der Waals surface area contributed by atoms with Crippen LogP contribution in [-0.2, 0) is 19.2 Å². The summed E-state index contributed by atoms with van der Waals surface area (Å²) in [5.41, 5.74) is 0.0156. The Kier molecular flexibility index (Phi) is 13.7. The molecule has 0 aliphatic carbocycles. The minimum absolute atomic E-state index is 0.00226. The standard InChI is InChI=1S/C34H61N5O4/c1-12-13-19-36(10)32(42)27-18-16-21-39(27)31(41)25(6)22-28(23(2)3)37(11)33(43)29(34(7,8)9)35-30(40)26-17-14-15-20-38(26)24(4)5/h22-24,26-29H,12-21H2,1-11H3,(H,35,40)/t26-,27+,28-,29-/m1/s1. The van der Waals surface area contributed by atoms with E-state index in [2.05, 4.69) is 31.0 Å². The number of nitrogens with zero attached hydrogens (tertiary/aromatic N) is 4. The third kappa shape index (κ3) is 9.53. The number of rotatable bonds is 12. The first-order valence-electron chi connectivity index (χ1n) is 16.6. The molecule has 2 aliphatic rings. The van der Waals surface area contributed by atoms with Crippen molar-refractivity contribution in [3.63, 3.8) is 0 Å². The molecule has 2 fully saturated rings. The molecule has 4 atom stereocenters. The predicted molar refractivity (Wildman–Crippen MR) is 173 cm³/mol. The van der Waals surface area contributed by atoms with Crippen molar-refractivity contribution < 1.29 is 19.2 Å². The fraction of sp³-hybridized carbons (Fsp3) is 0.824. The van der Waals surface area contributed by atoms with Crippen molar-refractivity contribution in [2.75, 3.05) is 33.7 Å². The van der Waals surface area contributed by atoms with E-state index < -0.39 is 17.5 Å². The Morgan fingerprint density at radius 3 is 2.14 bits per heavy atom. The number of hydrogen-bond donors (Lipinski definition) is 1. The van der Waals surface area contributed by atoms with E-state index in [-0.39, 0.29) is 47.7 Å². The van der Waals surface area contributed by atoms with Gasteiger partial charge in [-0.1, -0.05) is 60.5 Å². The Balaban J connectivity index is 2.26. The van der Waals surface area contributed by atoms with Gasteiger partial charge in [-0.2, -0.15) is 0 Å². The number of piperidine rings is 1. The van der Waals surface area contributed by atoms with Crippen molar-refractivity contribution in [1.29, 1.82) is 0 Å². The predicted octanol–water partition coefficient (Wildman–Crippen LogP) is 4.46. The van der Waals surface area contributed by atoms with Crippen molar-refractivity contribution in [3.05, 3.63) is 11.6 Å². The molecule has 43 heavy (non-hydrogen) atoms. The fourth-order valence-electron chi connectivity index (χ4n) is 6.42. The molecule has 2 rings (SSSR count). The van der Waals surface area contributed by atoms with Crippen molar-refractivity contribution in [1.82, 2.24) is 24.9 Å². The smallest absolute Gasteiger partial charge is 0.249 e. The third-order valence-corrected chi connectivity index (χ3v) is 9.17. The molecule has 2 saturated heterocycles. The van der Waals surface area contributed by atoms with E-state index in [1.165, 1.54) is 0 Å². The molecular formula is C34H61N5O4. The number of carbonyl (C=O) groups excluding carboxylic acids is 4. The van der Waals surface area contributed by atoms with Gasteiger partial charge in [-0.05, 0) is 70.8 Å². The maximum atomic E-state index is 14.1. The number of nitrogens with one attached hydrogen (secondary N) is 1. The zero-order chi connectivity index (χ0) is 32.6. The Morgan fingerprint density at radius 2 is 1.58 bits per heavy atom.